The molecule has 0 aliphatic rings. The zero-order valence-corrected chi connectivity index (χ0v) is 10.3. The highest BCUT2D eigenvalue weighted by Gasteiger charge is 1.97. The minimum atomic E-state index is 0.0641. The number of nitrogens with zero attached hydrogens (tertiary/aromatic N) is 1. The molecule has 0 saturated heterocycles. The number of pyridine rings is 1. The van der Waals surface area contributed by atoms with Gasteiger partial charge in [0.25, 0.3) is 0 Å². The first-order valence-corrected chi connectivity index (χ1v) is 5.74. The summed E-state index contributed by atoms with van der Waals surface area (Å²) in [6.07, 6.45) is 1.67. The molecule has 94 valence electrons. The SMILES string of the molecule is COc1ccc(NCc2cccc(CO)c2)nc1. The maximum Gasteiger partial charge on any atom is 0.137 e. The number of rotatable bonds is 5. The van der Waals surface area contributed by atoms with Gasteiger partial charge in [0.2, 0.25) is 0 Å². The topological polar surface area (TPSA) is 54.4 Å². The standard InChI is InChI=1S/C14H16N2O2/c1-18-13-5-6-14(16-9-13)15-8-11-3-2-4-12(7-11)10-17/h2-7,9,17H,8,10H2,1H3,(H,15,16). The van der Waals surface area contributed by atoms with E-state index in [0.29, 0.717) is 6.54 Å². The molecule has 4 nitrogen and oxygen atoms in total. The third-order valence-corrected chi connectivity index (χ3v) is 2.62. The van der Waals surface area contributed by atoms with Gasteiger partial charge in [-0.2, -0.15) is 0 Å². The lowest BCUT2D eigenvalue weighted by Crippen LogP contribution is -2.01. The lowest BCUT2D eigenvalue weighted by molar-refractivity contribution is 0.281. The van der Waals surface area contributed by atoms with Crippen LogP contribution in [0.1, 0.15) is 11.1 Å². The molecule has 0 amide bonds. The fraction of sp³-hybridized carbons (Fsp3) is 0.214. The van der Waals surface area contributed by atoms with Crippen molar-refractivity contribution in [2.45, 2.75) is 13.2 Å². The number of aliphatic hydroxyl groups is 1. The van der Waals surface area contributed by atoms with Gasteiger partial charge in [-0.25, -0.2) is 4.98 Å². The number of benzene rings is 1. The Balaban J connectivity index is 1.97. The summed E-state index contributed by atoms with van der Waals surface area (Å²) in [7, 11) is 1.62. The Kier molecular flexibility index (Phi) is 4.15. The van der Waals surface area contributed by atoms with Crippen LogP contribution in [0.5, 0.6) is 5.75 Å². The van der Waals surface area contributed by atoms with Crippen LogP contribution in [0.15, 0.2) is 42.6 Å². The van der Waals surface area contributed by atoms with Crippen LogP contribution in [0, 0.1) is 0 Å². The van der Waals surface area contributed by atoms with E-state index in [1.807, 2.05) is 36.4 Å². The lowest BCUT2D eigenvalue weighted by Gasteiger charge is -2.07. The first kappa shape index (κ1) is 12.4. The molecule has 2 aromatic rings. The van der Waals surface area contributed by atoms with Crippen LogP contribution in [0.2, 0.25) is 0 Å². The van der Waals surface area contributed by atoms with E-state index in [1.54, 1.807) is 13.3 Å². The van der Waals surface area contributed by atoms with Crippen molar-refractivity contribution in [3.05, 3.63) is 53.7 Å². The molecule has 1 aromatic carbocycles. The van der Waals surface area contributed by atoms with Gasteiger partial charge < -0.3 is 15.2 Å². The second kappa shape index (κ2) is 6.02. The number of hydrogen-bond acceptors (Lipinski definition) is 4. The van der Waals surface area contributed by atoms with Gasteiger partial charge in [0.15, 0.2) is 0 Å². The van der Waals surface area contributed by atoms with Gasteiger partial charge in [0.05, 0.1) is 19.9 Å². The van der Waals surface area contributed by atoms with Gasteiger partial charge in [-0.15, -0.1) is 0 Å². The summed E-state index contributed by atoms with van der Waals surface area (Å²) in [6.45, 7) is 0.738. The number of ether oxygens (including phenoxy) is 1. The highest BCUT2D eigenvalue weighted by atomic mass is 16.5. The predicted octanol–water partition coefficient (Wildman–Crippen LogP) is 2.19. The van der Waals surface area contributed by atoms with E-state index in [9.17, 15) is 0 Å². The first-order valence-electron chi connectivity index (χ1n) is 5.74. The van der Waals surface area contributed by atoms with Crippen molar-refractivity contribution >= 4 is 5.82 Å². The predicted molar refractivity (Wildman–Crippen MR) is 70.5 cm³/mol. The number of methoxy groups -OCH3 is 1. The van der Waals surface area contributed by atoms with E-state index in [1.165, 1.54) is 0 Å². The quantitative estimate of drug-likeness (QED) is 0.846. The summed E-state index contributed by atoms with van der Waals surface area (Å²) in [5, 5.41) is 12.3. The smallest absolute Gasteiger partial charge is 0.137 e. The second-order valence-electron chi connectivity index (χ2n) is 3.91. The van der Waals surface area contributed by atoms with Gasteiger partial charge in [0.1, 0.15) is 11.6 Å². The maximum atomic E-state index is 9.06. The first-order chi connectivity index (χ1) is 8.81. The fourth-order valence-corrected chi connectivity index (χ4v) is 1.64. The van der Waals surface area contributed by atoms with Gasteiger partial charge in [-0.05, 0) is 23.3 Å². The minimum Gasteiger partial charge on any atom is -0.495 e. The van der Waals surface area contributed by atoms with E-state index >= 15 is 0 Å². The summed E-state index contributed by atoms with van der Waals surface area (Å²) in [4.78, 5) is 4.22. The number of hydrogen-bond donors (Lipinski definition) is 2. The Morgan fingerprint density at radius 3 is 2.72 bits per heavy atom. The summed E-state index contributed by atoms with van der Waals surface area (Å²) >= 11 is 0. The average Bonchev–Trinajstić information content (AvgIpc) is 2.46. The van der Waals surface area contributed by atoms with Gasteiger partial charge in [0, 0.05) is 6.54 Å². The van der Waals surface area contributed by atoms with E-state index in [4.69, 9.17) is 9.84 Å². The number of anilines is 1. The molecular formula is C14H16N2O2. The minimum absolute atomic E-state index is 0.0641. The highest BCUT2D eigenvalue weighted by Crippen LogP contribution is 2.12. The van der Waals surface area contributed by atoms with Crippen molar-refractivity contribution in [3.8, 4) is 5.75 Å². The molecule has 1 aromatic heterocycles. The zero-order chi connectivity index (χ0) is 12.8. The molecule has 0 radical (unpaired) electrons. The summed E-state index contributed by atoms with van der Waals surface area (Å²) < 4.78 is 5.04. The Bertz CT molecular complexity index is 497. The molecule has 1 heterocycles. The third kappa shape index (κ3) is 3.21. The normalized spacial score (nSPS) is 10.1. The fourth-order valence-electron chi connectivity index (χ4n) is 1.64. The van der Waals surface area contributed by atoms with E-state index < -0.39 is 0 Å². The number of aromatic nitrogens is 1. The third-order valence-electron chi connectivity index (χ3n) is 2.62. The van der Waals surface area contributed by atoms with Crippen LogP contribution in [0.4, 0.5) is 5.82 Å². The Labute approximate surface area is 106 Å². The largest absolute Gasteiger partial charge is 0.495 e. The van der Waals surface area contributed by atoms with Gasteiger partial charge in [-0.3, -0.25) is 0 Å². The van der Waals surface area contributed by atoms with Crippen molar-refractivity contribution in [2.24, 2.45) is 0 Å². The van der Waals surface area contributed by atoms with Crippen molar-refractivity contribution in [3.63, 3.8) is 0 Å². The molecule has 0 saturated carbocycles. The highest BCUT2D eigenvalue weighted by molar-refractivity contribution is 5.38. The van der Waals surface area contributed by atoms with Crippen LogP contribution >= 0.6 is 0 Å². The van der Waals surface area contributed by atoms with Crippen LogP contribution in [-0.4, -0.2) is 17.2 Å². The van der Waals surface area contributed by atoms with E-state index in [-0.39, 0.29) is 6.61 Å². The van der Waals surface area contributed by atoms with Crippen molar-refractivity contribution in [1.29, 1.82) is 0 Å². The molecule has 0 bridgehead atoms. The molecule has 0 spiro atoms. The van der Waals surface area contributed by atoms with Gasteiger partial charge in [-0.1, -0.05) is 24.3 Å². The molecule has 0 fully saturated rings. The number of aliphatic hydroxyl groups excluding tert-OH is 1. The molecule has 0 aliphatic carbocycles. The lowest BCUT2D eigenvalue weighted by atomic mass is 10.1. The van der Waals surface area contributed by atoms with E-state index in [2.05, 4.69) is 10.3 Å². The molecule has 18 heavy (non-hydrogen) atoms. The van der Waals surface area contributed by atoms with Crippen molar-refractivity contribution in [2.75, 3.05) is 12.4 Å². The van der Waals surface area contributed by atoms with Crippen LogP contribution < -0.4 is 10.1 Å². The van der Waals surface area contributed by atoms with Crippen LogP contribution in [0.3, 0.4) is 0 Å². The Morgan fingerprint density at radius 1 is 1.22 bits per heavy atom. The number of nitrogens with one attached hydrogen (secondary N) is 1. The molecule has 2 N–H and O–H groups in total. The second-order valence-corrected chi connectivity index (χ2v) is 3.91. The zero-order valence-electron chi connectivity index (χ0n) is 10.3. The van der Waals surface area contributed by atoms with Crippen molar-refractivity contribution in [1.82, 2.24) is 4.98 Å². The summed E-state index contributed by atoms with van der Waals surface area (Å²) in [5.41, 5.74) is 2.02. The van der Waals surface area contributed by atoms with Gasteiger partial charge >= 0.3 is 0 Å². The Hall–Kier alpha value is -2.07. The molecule has 2 rings (SSSR count). The molecule has 0 atom stereocenters. The van der Waals surface area contributed by atoms with Crippen molar-refractivity contribution < 1.29 is 9.84 Å². The summed E-state index contributed by atoms with van der Waals surface area (Å²) in [6, 6.07) is 11.5. The molecule has 4 heteroatoms. The average molecular weight is 244 g/mol. The maximum absolute atomic E-state index is 9.06. The monoisotopic (exact) mass is 244 g/mol. The molecule has 0 unspecified atom stereocenters. The van der Waals surface area contributed by atoms with Crippen LogP contribution in [0.25, 0.3) is 0 Å². The molecular weight excluding hydrogens is 228 g/mol. The Morgan fingerprint density at radius 2 is 2.06 bits per heavy atom. The summed E-state index contributed by atoms with van der Waals surface area (Å²) in [5.74, 6) is 1.54. The molecule has 0 aliphatic heterocycles. The van der Waals surface area contributed by atoms with Crippen LogP contribution in [-0.2, 0) is 13.2 Å². The van der Waals surface area contributed by atoms with E-state index in [0.717, 1.165) is 22.7 Å².